The maximum Gasteiger partial charge on any atom is 0.531 e. The number of hydrogen-bond donors (Lipinski definition) is 1. The molecule has 4 nitrogen and oxygen atoms in total. The normalized spacial score (nSPS) is 22.4. The van der Waals surface area contributed by atoms with Crippen LogP contribution in [0.5, 0.6) is 0 Å². The maximum atomic E-state index is 5.70. The molecule has 1 aliphatic heterocycles. The molecule has 2 rings (SSSR count). The molecular weight excluding hydrogens is 237 g/mol. The summed E-state index contributed by atoms with van der Waals surface area (Å²) in [7, 11) is 0. The van der Waals surface area contributed by atoms with E-state index in [1.807, 2.05) is 0 Å². The summed E-state index contributed by atoms with van der Waals surface area (Å²) in [6, 6.07) is 0.260. The Bertz CT molecular complexity index is 341. The highest BCUT2D eigenvalue weighted by Gasteiger charge is 2.24. The molecule has 1 saturated carbocycles. The standard InChI is InChI=1S/C9H11Cl2N3O/c10-7-12-8(11)14-9(13-7)15-6-4-2-1-3-5-6/h6H,1-5H2/p+1. The van der Waals surface area contributed by atoms with Crippen LogP contribution in [-0.2, 0) is 4.74 Å². The van der Waals surface area contributed by atoms with E-state index in [4.69, 9.17) is 27.9 Å². The molecule has 0 spiro atoms. The van der Waals surface area contributed by atoms with E-state index >= 15 is 0 Å². The van der Waals surface area contributed by atoms with Crippen LogP contribution in [-0.4, -0.2) is 22.7 Å². The van der Waals surface area contributed by atoms with E-state index in [0.717, 1.165) is 12.8 Å². The first-order valence-electron chi connectivity index (χ1n) is 5.03. The monoisotopic (exact) mass is 248 g/mol. The van der Waals surface area contributed by atoms with Crippen molar-refractivity contribution in [1.82, 2.24) is 9.98 Å². The zero-order valence-corrected chi connectivity index (χ0v) is 9.68. The van der Waals surface area contributed by atoms with E-state index in [-0.39, 0.29) is 22.7 Å². The lowest BCUT2D eigenvalue weighted by Gasteiger charge is -2.19. The van der Waals surface area contributed by atoms with Crippen LogP contribution >= 0.6 is 23.2 Å². The molecule has 0 atom stereocenters. The number of hydrogen-bond acceptors (Lipinski definition) is 3. The summed E-state index contributed by atoms with van der Waals surface area (Å²) in [6.45, 7) is 0. The highest BCUT2D eigenvalue weighted by atomic mass is 35.5. The number of rotatable bonds is 1. The van der Waals surface area contributed by atoms with Gasteiger partial charge in [-0.15, -0.1) is 0 Å². The molecule has 0 radical (unpaired) electrons. The summed E-state index contributed by atoms with van der Waals surface area (Å²) in [4.78, 5) is 3.92. The smallest absolute Gasteiger partial charge is 0.425 e. The van der Waals surface area contributed by atoms with E-state index in [0.29, 0.717) is 0 Å². The number of halogens is 2. The lowest BCUT2D eigenvalue weighted by molar-refractivity contribution is 0.140. The number of ether oxygens (including phenoxy) is 1. The van der Waals surface area contributed by atoms with E-state index in [1.165, 1.54) is 19.3 Å². The molecule has 1 fully saturated rings. The highest BCUT2D eigenvalue weighted by Crippen LogP contribution is 2.20. The SMILES string of the molecule is ClC1=NC(OC2CCCCC2)=[N+]=C(Cl)N1. The summed E-state index contributed by atoms with van der Waals surface area (Å²) in [5.41, 5.74) is 0. The summed E-state index contributed by atoms with van der Waals surface area (Å²) < 4.78 is 9.53. The molecule has 1 aliphatic carbocycles. The predicted molar refractivity (Wildman–Crippen MR) is 62.4 cm³/mol. The van der Waals surface area contributed by atoms with Crippen molar-refractivity contribution in [2.24, 2.45) is 4.99 Å². The number of amidine groups is 3. The Hall–Kier alpha value is -0.700. The van der Waals surface area contributed by atoms with Crippen LogP contribution in [0.25, 0.3) is 0 Å². The van der Waals surface area contributed by atoms with Gasteiger partial charge in [-0.2, -0.15) is 4.67 Å². The van der Waals surface area contributed by atoms with Gasteiger partial charge in [-0.1, -0.05) is 6.42 Å². The van der Waals surface area contributed by atoms with Crippen molar-refractivity contribution in [3.05, 3.63) is 0 Å². The molecule has 0 saturated heterocycles. The Morgan fingerprint density at radius 1 is 1.27 bits per heavy atom. The lowest BCUT2D eigenvalue weighted by atomic mass is 9.98. The Balaban J connectivity index is 2.01. The van der Waals surface area contributed by atoms with Gasteiger partial charge in [0.05, 0.1) is 0 Å². The van der Waals surface area contributed by atoms with Gasteiger partial charge >= 0.3 is 16.6 Å². The van der Waals surface area contributed by atoms with Gasteiger partial charge in [0.2, 0.25) is 0 Å². The molecule has 6 heteroatoms. The van der Waals surface area contributed by atoms with Gasteiger partial charge in [0.1, 0.15) is 6.10 Å². The molecule has 0 aromatic rings. The van der Waals surface area contributed by atoms with Crippen LogP contribution in [0.15, 0.2) is 4.99 Å². The molecule has 0 bridgehead atoms. The minimum Gasteiger partial charge on any atom is -0.425 e. The molecule has 1 N–H and O–H groups in total. The quantitative estimate of drug-likeness (QED) is 0.566. The zero-order chi connectivity index (χ0) is 10.7. The van der Waals surface area contributed by atoms with Gasteiger partial charge in [0.25, 0.3) is 0 Å². The van der Waals surface area contributed by atoms with Crippen LogP contribution in [0.2, 0.25) is 0 Å². The first kappa shape index (κ1) is 10.8. The Morgan fingerprint density at radius 2 is 2.00 bits per heavy atom. The fourth-order valence-electron chi connectivity index (χ4n) is 1.72. The molecule has 0 aromatic heterocycles. The number of nitrogens with zero attached hydrogens (tertiary/aromatic N) is 2. The molecule has 0 aromatic carbocycles. The minimum absolute atomic E-state index is 0.195. The van der Waals surface area contributed by atoms with Crippen molar-refractivity contribution in [2.75, 3.05) is 0 Å². The first-order valence-corrected chi connectivity index (χ1v) is 5.78. The largest absolute Gasteiger partial charge is 0.531 e. The van der Waals surface area contributed by atoms with Crippen molar-refractivity contribution in [3.63, 3.8) is 0 Å². The Labute approximate surface area is 98.1 Å². The van der Waals surface area contributed by atoms with Crippen molar-refractivity contribution in [1.29, 1.82) is 0 Å². The van der Waals surface area contributed by atoms with Crippen LogP contribution in [0.1, 0.15) is 32.1 Å². The molecule has 2 aliphatic rings. The molecule has 15 heavy (non-hydrogen) atoms. The number of nitrogens with one attached hydrogen (secondary N) is 1. The third-order valence-electron chi connectivity index (χ3n) is 2.42. The molecule has 82 valence electrons. The van der Waals surface area contributed by atoms with Crippen LogP contribution < -0.4 is 9.98 Å². The molecule has 0 amide bonds. The fourth-order valence-corrected chi connectivity index (χ4v) is 2.09. The summed E-state index contributed by atoms with van der Waals surface area (Å²) in [5, 5.41) is 2.97. The van der Waals surface area contributed by atoms with Crippen molar-refractivity contribution in [3.8, 4) is 0 Å². The van der Waals surface area contributed by atoms with Gasteiger partial charge in [-0.25, -0.2) is 5.32 Å². The van der Waals surface area contributed by atoms with Gasteiger partial charge in [-0.05, 0) is 42.3 Å². The second-order valence-electron chi connectivity index (χ2n) is 3.59. The van der Waals surface area contributed by atoms with Crippen molar-refractivity contribution >= 4 is 39.8 Å². The second-order valence-corrected chi connectivity index (χ2v) is 4.31. The van der Waals surface area contributed by atoms with Crippen LogP contribution in [0.3, 0.4) is 0 Å². The Kier molecular flexibility index (Phi) is 3.52. The van der Waals surface area contributed by atoms with E-state index in [9.17, 15) is 0 Å². The molecule has 1 heterocycles. The van der Waals surface area contributed by atoms with Gasteiger partial charge in [-0.3, -0.25) is 0 Å². The summed E-state index contributed by atoms with van der Waals surface area (Å²) >= 11 is 11.4. The zero-order valence-electron chi connectivity index (χ0n) is 8.17. The molecular formula is C9H12Cl2N3O+. The average Bonchev–Trinajstić information content (AvgIpc) is 2.17. The average molecular weight is 249 g/mol. The minimum atomic E-state index is 0.195. The van der Waals surface area contributed by atoms with Crippen LogP contribution in [0, 0.1) is 0 Å². The number of aliphatic imine (C=N–C) groups is 1. The summed E-state index contributed by atoms with van der Waals surface area (Å²) in [6.07, 6.45) is 5.99. The summed E-state index contributed by atoms with van der Waals surface area (Å²) in [5.74, 6) is 0. The molecule has 0 unspecified atom stereocenters. The van der Waals surface area contributed by atoms with Gasteiger partial charge < -0.3 is 4.74 Å². The fraction of sp³-hybridized carbons (Fsp3) is 0.667. The first-order chi connectivity index (χ1) is 7.24. The van der Waals surface area contributed by atoms with Gasteiger partial charge in [0.15, 0.2) is 0 Å². The van der Waals surface area contributed by atoms with Crippen molar-refractivity contribution in [2.45, 2.75) is 38.2 Å². The Morgan fingerprint density at radius 3 is 2.67 bits per heavy atom. The third-order valence-corrected chi connectivity index (χ3v) is 2.78. The lowest BCUT2D eigenvalue weighted by Crippen LogP contribution is -2.33. The maximum absolute atomic E-state index is 5.70. The van der Waals surface area contributed by atoms with E-state index in [2.05, 4.69) is 15.0 Å². The van der Waals surface area contributed by atoms with E-state index < -0.39 is 0 Å². The van der Waals surface area contributed by atoms with Gasteiger partial charge in [0, 0.05) is 11.6 Å². The second kappa shape index (κ2) is 4.88. The van der Waals surface area contributed by atoms with E-state index in [1.54, 1.807) is 0 Å². The predicted octanol–water partition coefficient (Wildman–Crippen LogP) is 1.55. The van der Waals surface area contributed by atoms with Crippen molar-refractivity contribution < 1.29 is 4.74 Å². The van der Waals surface area contributed by atoms with Crippen LogP contribution in [0.4, 0.5) is 0 Å². The highest BCUT2D eigenvalue weighted by molar-refractivity contribution is 6.73. The third kappa shape index (κ3) is 3.13. The topological polar surface area (TPSA) is 47.7 Å².